The van der Waals surface area contributed by atoms with E-state index < -0.39 is 0 Å². The number of phenolic OH excluding ortho intramolecular Hbond substituents is 1. The first-order chi connectivity index (χ1) is 14.4. The minimum atomic E-state index is -0.282. The highest BCUT2D eigenvalue weighted by molar-refractivity contribution is 9.11. The molecule has 0 saturated carbocycles. The molecule has 2 N–H and O–H groups in total. The summed E-state index contributed by atoms with van der Waals surface area (Å²) >= 11 is 16.8. The minimum absolute atomic E-state index is 0.0445. The largest absolute Gasteiger partial charge is 0.506 e. The Labute approximate surface area is 207 Å². The molecule has 0 aliphatic heterocycles. The van der Waals surface area contributed by atoms with E-state index in [4.69, 9.17) is 11.6 Å². The summed E-state index contributed by atoms with van der Waals surface area (Å²) in [6, 6.07) is 11.1. The molecule has 0 bridgehead atoms. The van der Waals surface area contributed by atoms with Gasteiger partial charge in [-0.15, -0.1) is 10.2 Å². The van der Waals surface area contributed by atoms with Crippen molar-refractivity contribution in [1.82, 2.24) is 15.6 Å². The number of hydrogen-bond acceptors (Lipinski definition) is 8. The van der Waals surface area contributed by atoms with Crippen LogP contribution in [-0.4, -0.2) is 33.2 Å². The van der Waals surface area contributed by atoms with E-state index in [0.717, 1.165) is 20.1 Å². The summed E-state index contributed by atoms with van der Waals surface area (Å²) in [5.41, 5.74) is 4.05. The molecule has 0 aliphatic carbocycles. The molecule has 0 unspecified atom stereocenters. The molecule has 1 heterocycles. The molecule has 12 heteroatoms. The van der Waals surface area contributed by atoms with Gasteiger partial charge in [-0.1, -0.05) is 74.5 Å². The lowest BCUT2D eigenvalue weighted by atomic mass is 10.2. The molecular formula is C18H13Br2ClN4O2S3. The molecule has 0 radical (unpaired) electrons. The van der Waals surface area contributed by atoms with Crippen LogP contribution < -0.4 is 5.43 Å². The average molecular weight is 609 g/mol. The van der Waals surface area contributed by atoms with E-state index in [1.54, 1.807) is 23.9 Å². The number of aromatic hydroxyl groups is 1. The molecule has 1 amide bonds. The highest BCUT2D eigenvalue weighted by Gasteiger charge is 2.09. The number of rotatable bonds is 8. The molecule has 1 aromatic heterocycles. The van der Waals surface area contributed by atoms with Crippen LogP contribution in [0.15, 0.2) is 59.1 Å². The van der Waals surface area contributed by atoms with Crippen molar-refractivity contribution in [3.8, 4) is 5.75 Å². The summed E-state index contributed by atoms with van der Waals surface area (Å²) < 4.78 is 2.85. The lowest BCUT2D eigenvalue weighted by Crippen LogP contribution is -2.19. The van der Waals surface area contributed by atoms with Crippen LogP contribution in [0.4, 0.5) is 0 Å². The lowest BCUT2D eigenvalue weighted by Gasteiger charge is -2.03. The smallest absolute Gasteiger partial charge is 0.250 e. The maximum absolute atomic E-state index is 12.0. The number of halogens is 3. The summed E-state index contributed by atoms with van der Waals surface area (Å²) in [5.74, 6) is 0.685. The van der Waals surface area contributed by atoms with E-state index >= 15 is 0 Å². The first-order valence-electron chi connectivity index (χ1n) is 8.24. The van der Waals surface area contributed by atoms with E-state index in [-0.39, 0.29) is 17.4 Å². The van der Waals surface area contributed by atoms with Crippen LogP contribution in [0, 0.1) is 0 Å². The fraction of sp³-hybridized carbons (Fsp3) is 0.111. The molecule has 30 heavy (non-hydrogen) atoms. The summed E-state index contributed by atoms with van der Waals surface area (Å²) in [6.07, 6.45) is 1.38. The fourth-order valence-corrected chi connectivity index (χ4v) is 6.21. The fourth-order valence-electron chi connectivity index (χ4n) is 2.06. The van der Waals surface area contributed by atoms with Crippen LogP contribution in [0.5, 0.6) is 5.75 Å². The number of nitrogens with one attached hydrogen (secondary N) is 1. The third-order valence-corrected chi connectivity index (χ3v) is 8.02. The molecule has 3 aromatic rings. The van der Waals surface area contributed by atoms with Gasteiger partial charge in [0, 0.05) is 20.8 Å². The van der Waals surface area contributed by atoms with Crippen LogP contribution in [0.3, 0.4) is 0 Å². The summed E-state index contributed by atoms with van der Waals surface area (Å²) in [7, 11) is 0. The molecule has 0 spiro atoms. The van der Waals surface area contributed by atoms with Crippen LogP contribution >= 0.6 is 78.3 Å². The third kappa shape index (κ3) is 7.24. The van der Waals surface area contributed by atoms with Crippen molar-refractivity contribution in [2.24, 2.45) is 5.10 Å². The maximum Gasteiger partial charge on any atom is 0.250 e. The van der Waals surface area contributed by atoms with Gasteiger partial charge in [0.15, 0.2) is 8.68 Å². The van der Waals surface area contributed by atoms with Crippen molar-refractivity contribution < 1.29 is 9.90 Å². The summed E-state index contributed by atoms with van der Waals surface area (Å²) in [5, 5.41) is 22.8. The van der Waals surface area contributed by atoms with Gasteiger partial charge in [0.05, 0.1) is 16.4 Å². The second kappa shape index (κ2) is 11.5. The van der Waals surface area contributed by atoms with Crippen LogP contribution in [0.1, 0.15) is 11.1 Å². The molecule has 3 rings (SSSR count). The van der Waals surface area contributed by atoms with Crippen LogP contribution in [0.2, 0.25) is 5.02 Å². The van der Waals surface area contributed by atoms with E-state index in [1.807, 2.05) is 24.3 Å². The molecule has 0 atom stereocenters. The topological polar surface area (TPSA) is 87.5 Å². The van der Waals surface area contributed by atoms with Crippen molar-refractivity contribution >= 4 is 90.4 Å². The average Bonchev–Trinajstić information content (AvgIpc) is 3.17. The van der Waals surface area contributed by atoms with Crippen molar-refractivity contribution in [2.45, 2.75) is 14.4 Å². The van der Waals surface area contributed by atoms with Crippen molar-refractivity contribution in [3.63, 3.8) is 0 Å². The number of carbonyl (C=O) groups is 1. The lowest BCUT2D eigenvalue weighted by molar-refractivity contribution is -0.118. The number of carbonyl (C=O) groups excluding carboxylic acids is 1. The Bertz CT molecular complexity index is 1060. The van der Waals surface area contributed by atoms with Crippen molar-refractivity contribution in [3.05, 3.63) is 61.5 Å². The predicted molar refractivity (Wildman–Crippen MR) is 131 cm³/mol. The number of benzene rings is 2. The normalized spacial score (nSPS) is 11.2. The van der Waals surface area contributed by atoms with Crippen molar-refractivity contribution in [1.29, 1.82) is 0 Å². The molecule has 156 valence electrons. The van der Waals surface area contributed by atoms with Gasteiger partial charge >= 0.3 is 0 Å². The molecular weight excluding hydrogens is 596 g/mol. The van der Waals surface area contributed by atoms with Crippen molar-refractivity contribution in [2.75, 3.05) is 5.75 Å². The Morgan fingerprint density at radius 3 is 2.63 bits per heavy atom. The van der Waals surface area contributed by atoms with Gasteiger partial charge in [-0.3, -0.25) is 4.79 Å². The zero-order valence-corrected chi connectivity index (χ0v) is 21.4. The Morgan fingerprint density at radius 2 is 1.90 bits per heavy atom. The van der Waals surface area contributed by atoms with Gasteiger partial charge in [-0.25, -0.2) is 5.43 Å². The molecule has 0 fully saturated rings. The molecule has 0 aliphatic rings. The van der Waals surface area contributed by atoms with Gasteiger partial charge in [0.25, 0.3) is 5.91 Å². The number of thioether (sulfide) groups is 2. The third-order valence-electron chi connectivity index (χ3n) is 3.44. The van der Waals surface area contributed by atoms with E-state index in [1.165, 1.54) is 29.3 Å². The highest BCUT2D eigenvalue weighted by atomic mass is 79.9. The number of nitrogens with zero attached hydrogens (tertiary/aromatic N) is 3. The van der Waals surface area contributed by atoms with Gasteiger partial charge in [-0.05, 0) is 45.8 Å². The first kappa shape index (κ1) is 23.6. The second-order valence-corrected chi connectivity index (χ2v) is 11.3. The zero-order valence-electron chi connectivity index (χ0n) is 15.0. The molecule has 0 saturated heterocycles. The van der Waals surface area contributed by atoms with Gasteiger partial charge in [-0.2, -0.15) is 5.10 Å². The monoisotopic (exact) mass is 606 g/mol. The summed E-state index contributed by atoms with van der Waals surface area (Å²) in [4.78, 5) is 12.0. The van der Waals surface area contributed by atoms with Crippen LogP contribution in [0.25, 0.3) is 0 Å². The zero-order chi connectivity index (χ0) is 21.5. The van der Waals surface area contributed by atoms with E-state index in [9.17, 15) is 9.90 Å². The van der Waals surface area contributed by atoms with Gasteiger partial charge in [0.2, 0.25) is 0 Å². The van der Waals surface area contributed by atoms with Gasteiger partial charge in [0.1, 0.15) is 5.75 Å². The Balaban J connectivity index is 1.44. The quantitative estimate of drug-likeness (QED) is 0.187. The van der Waals surface area contributed by atoms with Crippen LogP contribution in [-0.2, 0) is 10.5 Å². The number of hydrazone groups is 1. The Morgan fingerprint density at radius 1 is 1.20 bits per heavy atom. The first-order valence-corrected chi connectivity index (χ1v) is 13.0. The highest BCUT2D eigenvalue weighted by Crippen LogP contribution is 2.31. The summed E-state index contributed by atoms with van der Waals surface area (Å²) in [6.45, 7) is 0. The Kier molecular flexibility index (Phi) is 9.02. The number of hydrogen-bond donors (Lipinski definition) is 2. The van der Waals surface area contributed by atoms with Gasteiger partial charge < -0.3 is 5.11 Å². The molecule has 6 nitrogen and oxygen atoms in total. The number of phenols is 1. The molecule has 2 aromatic carbocycles. The maximum atomic E-state index is 12.0. The SMILES string of the molecule is O=C(CSc1nnc(SCc2ccc(Cl)cc2)s1)NN=Cc1cc(Br)cc(Br)c1O. The standard InChI is InChI=1S/C18H13Br2ClN4O2S3/c19-12-5-11(16(27)14(20)6-12)7-22-23-15(26)9-29-18-25-24-17(30-18)28-8-10-1-3-13(21)4-2-10/h1-7,27H,8-9H2,(H,23,26). The number of amides is 1. The minimum Gasteiger partial charge on any atom is -0.506 e. The number of aromatic nitrogens is 2. The second-order valence-electron chi connectivity index (χ2n) is 5.66. The predicted octanol–water partition coefficient (Wildman–Crippen LogP) is 5.96. The van der Waals surface area contributed by atoms with E-state index in [2.05, 4.69) is 52.6 Å². The Hall–Kier alpha value is -1.11. The van der Waals surface area contributed by atoms with E-state index in [0.29, 0.717) is 19.4 Å².